The lowest BCUT2D eigenvalue weighted by Gasteiger charge is -2.10. The van der Waals surface area contributed by atoms with Crippen LogP contribution in [-0.4, -0.2) is 6.04 Å². The van der Waals surface area contributed by atoms with Crippen molar-refractivity contribution < 1.29 is 4.39 Å². The van der Waals surface area contributed by atoms with Crippen molar-refractivity contribution in [1.82, 2.24) is 5.32 Å². The number of hydrogen-bond acceptors (Lipinski definition) is 1. The molecule has 0 spiro atoms. The minimum absolute atomic E-state index is 0.142. The SMILES string of the molecule is Cc1cc(-c2ccc(CNC3CC3)cc2C)ccc1F. The molecule has 104 valence electrons. The second kappa shape index (κ2) is 5.37. The molecule has 2 aromatic rings. The van der Waals surface area contributed by atoms with Crippen molar-refractivity contribution in [3.05, 3.63) is 58.9 Å². The number of rotatable bonds is 4. The topological polar surface area (TPSA) is 12.0 Å². The minimum Gasteiger partial charge on any atom is -0.310 e. The number of nitrogens with one attached hydrogen (secondary N) is 1. The molecule has 1 nitrogen and oxygen atoms in total. The summed E-state index contributed by atoms with van der Waals surface area (Å²) in [4.78, 5) is 0. The normalized spacial score (nSPS) is 14.6. The summed E-state index contributed by atoms with van der Waals surface area (Å²) in [5.41, 5.74) is 5.52. The van der Waals surface area contributed by atoms with Crippen LogP contribution in [0.25, 0.3) is 11.1 Å². The molecule has 0 bridgehead atoms. The zero-order valence-corrected chi connectivity index (χ0v) is 12.0. The van der Waals surface area contributed by atoms with E-state index in [-0.39, 0.29) is 5.82 Å². The van der Waals surface area contributed by atoms with E-state index in [1.54, 1.807) is 6.07 Å². The van der Waals surface area contributed by atoms with Gasteiger partial charge in [-0.25, -0.2) is 4.39 Å². The smallest absolute Gasteiger partial charge is 0.126 e. The molecule has 20 heavy (non-hydrogen) atoms. The first-order chi connectivity index (χ1) is 9.63. The molecule has 1 aliphatic rings. The highest BCUT2D eigenvalue weighted by atomic mass is 19.1. The number of halogens is 1. The van der Waals surface area contributed by atoms with Crippen LogP contribution in [0.15, 0.2) is 36.4 Å². The first-order valence-electron chi connectivity index (χ1n) is 7.23. The lowest BCUT2D eigenvalue weighted by atomic mass is 9.97. The van der Waals surface area contributed by atoms with Crippen molar-refractivity contribution in [2.45, 2.75) is 39.3 Å². The van der Waals surface area contributed by atoms with Gasteiger partial charge in [0, 0.05) is 12.6 Å². The van der Waals surface area contributed by atoms with Crippen molar-refractivity contribution in [3.63, 3.8) is 0 Å². The maximum atomic E-state index is 13.4. The molecule has 1 N–H and O–H groups in total. The van der Waals surface area contributed by atoms with Gasteiger partial charge < -0.3 is 5.32 Å². The Morgan fingerprint density at radius 2 is 1.85 bits per heavy atom. The highest BCUT2D eigenvalue weighted by molar-refractivity contribution is 5.68. The Bertz CT molecular complexity index is 629. The molecule has 0 unspecified atom stereocenters. The summed E-state index contributed by atoms with van der Waals surface area (Å²) < 4.78 is 13.4. The molecule has 0 heterocycles. The molecule has 1 fully saturated rings. The van der Waals surface area contributed by atoms with Crippen LogP contribution >= 0.6 is 0 Å². The Labute approximate surface area is 119 Å². The summed E-state index contributed by atoms with van der Waals surface area (Å²) in [5.74, 6) is -0.142. The van der Waals surface area contributed by atoms with Crippen molar-refractivity contribution >= 4 is 0 Å². The lowest BCUT2D eigenvalue weighted by molar-refractivity contribution is 0.619. The first kappa shape index (κ1) is 13.3. The first-order valence-corrected chi connectivity index (χ1v) is 7.23. The Hall–Kier alpha value is -1.67. The lowest BCUT2D eigenvalue weighted by Crippen LogP contribution is -2.15. The van der Waals surface area contributed by atoms with Crippen LogP contribution in [0, 0.1) is 19.7 Å². The Balaban J connectivity index is 1.83. The van der Waals surface area contributed by atoms with Gasteiger partial charge in [-0.2, -0.15) is 0 Å². The molecular weight excluding hydrogens is 249 g/mol. The van der Waals surface area contributed by atoms with Gasteiger partial charge in [-0.3, -0.25) is 0 Å². The zero-order valence-electron chi connectivity index (χ0n) is 12.0. The predicted molar refractivity (Wildman–Crippen MR) is 81.2 cm³/mol. The van der Waals surface area contributed by atoms with E-state index in [0.717, 1.165) is 18.2 Å². The third kappa shape index (κ3) is 2.91. The van der Waals surface area contributed by atoms with Gasteiger partial charge in [-0.15, -0.1) is 0 Å². The van der Waals surface area contributed by atoms with Gasteiger partial charge >= 0.3 is 0 Å². The molecule has 1 saturated carbocycles. The van der Waals surface area contributed by atoms with E-state index in [2.05, 4.69) is 30.4 Å². The number of aryl methyl sites for hydroxylation is 2. The maximum absolute atomic E-state index is 13.4. The zero-order chi connectivity index (χ0) is 14.1. The van der Waals surface area contributed by atoms with E-state index in [0.29, 0.717) is 5.56 Å². The highest BCUT2D eigenvalue weighted by Crippen LogP contribution is 2.26. The van der Waals surface area contributed by atoms with Gasteiger partial charge in [0.05, 0.1) is 0 Å². The largest absolute Gasteiger partial charge is 0.310 e. The summed E-state index contributed by atoms with van der Waals surface area (Å²) in [5, 5.41) is 3.53. The summed E-state index contributed by atoms with van der Waals surface area (Å²) in [7, 11) is 0. The Morgan fingerprint density at radius 1 is 1.05 bits per heavy atom. The molecule has 0 radical (unpaired) electrons. The molecule has 0 saturated heterocycles. The second-order valence-corrected chi connectivity index (χ2v) is 5.77. The van der Waals surface area contributed by atoms with Crippen LogP contribution in [0.5, 0.6) is 0 Å². The third-order valence-electron chi connectivity index (χ3n) is 3.93. The maximum Gasteiger partial charge on any atom is 0.126 e. The monoisotopic (exact) mass is 269 g/mol. The summed E-state index contributed by atoms with van der Waals surface area (Å²) in [6.07, 6.45) is 2.62. The van der Waals surface area contributed by atoms with Crippen molar-refractivity contribution in [2.24, 2.45) is 0 Å². The molecular formula is C18H20FN. The Morgan fingerprint density at radius 3 is 2.50 bits per heavy atom. The molecule has 2 aromatic carbocycles. The van der Waals surface area contributed by atoms with Gasteiger partial charge in [0.15, 0.2) is 0 Å². The van der Waals surface area contributed by atoms with Gasteiger partial charge in [-0.05, 0) is 66.6 Å². The quantitative estimate of drug-likeness (QED) is 0.869. The molecule has 0 atom stereocenters. The minimum atomic E-state index is -0.142. The van der Waals surface area contributed by atoms with Crippen molar-refractivity contribution in [2.75, 3.05) is 0 Å². The van der Waals surface area contributed by atoms with Crippen LogP contribution in [0.4, 0.5) is 4.39 Å². The van der Waals surface area contributed by atoms with Crippen LogP contribution in [-0.2, 0) is 6.54 Å². The molecule has 1 aliphatic carbocycles. The van der Waals surface area contributed by atoms with Crippen molar-refractivity contribution in [1.29, 1.82) is 0 Å². The fourth-order valence-corrected chi connectivity index (χ4v) is 2.52. The van der Waals surface area contributed by atoms with Crippen LogP contribution in [0.1, 0.15) is 29.5 Å². The fourth-order valence-electron chi connectivity index (χ4n) is 2.52. The number of hydrogen-bond donors (Lipinski definition) is 1. The van der Waals surface area contributed by atoms with E-state index in [1.807, 2.05) is 19.1 Å². The van der Waals surface area contributed by atoms with E-state index in [1.165, 1.54) is 29.5 Å². The standard InChI is InChI=1S/C18H20FN/c1-12-9-14(11-20-16-5-6-16)3-7-17(12)15-4-8-18(19)13(2)10-15/h3-4,7-10,16,20H,5-6,11H2,1-2H3. The molecule has 3 rings (SSSR count). The molecule has 0 aromatic heterocycles. The van der Waals surface area contributed by atoms with Gasteiger partial charge in [0.25, 0.3) is 0 Å². The number of benzene rings is 2. The summed E-state index contributed by atoms with van der Waals surface area (Å²) in [6, 6.07) is 12.6. The van der Waals surface area contributed by atoms with E-state index < -0.39 is 0 Å². The van der Waals surface area contributed by atoms with Crippen molar-refractivity contribution in [3.8, 4) is 11.1 Å². The van der Waals surface area contributed by atoms with Gasteiger partial charge in [-0.1, -0.05) is 24.3 Å². The Kier molecular flexibility index (Phi) is 3.58. The van der Waals surface area contributed by atoms with E-state index in [4.69, 9.17) is 0 Å². The third-order valence-corrected chi connectivity index (χ3v) is 3.93. The second-order valence-electron chi connectivity index (χ2n) is 5.77. The summed E-state index contributed by atoms with van der Waals surface area (Å²) in [6.45, 7) is 4.87. The molecule has 0 aliphatic heterocycles. The van der Waals surface area contributed by atoms with E-state index >= 15 is 0 Å². The molecule has 2 heteroatoms. The highest BCUT2D eigenvalue weighted by Gasteiger charge is 2.19. The average Bonchev–Trinajstić information content (AvgIpc) is 3.24. The average molecular weight is 269 g/mol. The summed E-state index contributed by atoms with van der Waals surface area (Å²) >= 11 is 0. The van der Waals surface area contributed by atoms with E-state index in [9.17, 15) is 4.39 Å². The van der Waals surface area contributed by atoms with Crippen LogP contribution in [0.3, 0.4) is 0 Å². The molecule has 0 amide bonds. The van der Waals surface area contributed by atoms with Gasteiger partial charge in [0.2, 0.25) is 0 Å². The van der Waals surface area contributed by atoms with Crippen LogP contribution < -0.4 is 5.32 Å². The fraction of sp³-hybridized carbons (Fsp3) is 0.333. The van der Waals surface area contributed by atoms with Gasteiger partial charge in [0.1, 0.15) is 5.82 Å². The predicted octanol–water partition coefficient (Wildman–Crippen LogP) is 4.36. The van der Waals surface area contributed by atoms with Crippen LogP contribution in [0.2, 0.25) is 0 Å².